The molecule has 1 N–H and O–H groups in total. The van der Waals surface area contributed by atoms with E-state index in [1.807, 2.05) is 18.3 Å². The molecular formula is C15H20N4O. The average Bonchev–Trinajstić information content (AvgIpc) is 3.19. The molecule has 0 amide bonds. The molecule has 2 saturated heterocycles. The third-order valence-electron chi connectivity index (χ3n) is 4.32. The van der Waals surface area contributed by atoms with Gasteiger partial charge in [0.2, 0.25) is 0 Å². The van der Waals surface area contributed by atoms with Crippen molar-refractivity contribution in [1.29, 1.82) is 0 Å². The molecule has 0 aliphatic carbocycles. The maximum absolute atomic E-state index is 5.84. The standard InChI is InChI=1S/C15H20N4O/c1-4-11(16-7-1)10-19-14-12(5-2-8-17-14)18-15(19)13-6-3-9-20-13/h2,5,8,11,13,16H,1,3-4,6-7,9-10H2. The second-order valence-corrected chi connectivity index (χ2v) is 5.72. The van der Waals surface area contributed by atoms with Gasteiger partial charge in [-0.15, -0.1) is 0 Å². The van der Waals surface area contributed by atoms with Gasteiger partial charge < -0.3 is 14.6 Å². The summed E-state index contributed by atoms with van der Waals surface area (Å²) in [5.74, 6) is 1.06. The topological polar surface area (TPSA) is 52.0 Å². The van der Waals surface area contributed by atoms with Crippen molar-refractivity contribution in [2.75, 3.05) is 13.2 Å². The van der Waals surface area contributed by atoms with Gasteiger partial charge in [-0.2, -0.15) is 0 Å². The van der Waals surface area contributed by atoms with Crippen LogP contribution in [0.25, 0.3) is 11.2 Å². The largest absolute Gasteiger partial charge is 0.370 e. The fourth-order valence-corrected chi connectivity index (χ4v) is 3.32. The molecule has 0 radical (unpaired) electrons. The lowest BCUT2D eigenvalue weighted by Crippen LogP contribution is -2.28. The first kappa shape index (κ1) is 12.3. The normalized spacial score (nSPS) is 26.6. The molecule has 5 heteroatoms. The third-order valence-corrected chi connectivity index (χ3v) is 4.32. The number of hydrogen-bond donors (Lipinski definition) is 1. The molecule has 0 aromatic carbocycles. The van der Waals surface area contributed by atoms with Gasteiger partial charge in [0.25, 0.3) is 0 Å². The Morgan fingerprint density at radius 2 is 2.35 bits per heavy atom. The van der Waals surface area contributed by atoms with Gasteiger partial charge in [0, 0.05) is 25.4 Å². The van der Waals surface area contributed by atoms with Crippen molar-refractivity contribution >= 4 is 11.2 Å². The van der Waals surface area contributed by atoms with Crippen molar-refractivity contribution in [2.24, 2.45) is 0 Å². The van der Waals surface area contributed by atoms with Crippen LogP contribution in [-0.2, 0) is 11.3 Å². The molecule has 4 heterocycles. The molecule has 2 fully saturated rings. The van der Waals surface area contributed by atoms with E-state index in [0.717, 1.165) is 49.5 Å². The van der Waals surface area contributed by atoms with Crippen LogP contribution in [0.15, 0.2) is 18.3 Å². The van der Waals surface area contributed by atoms with Crippen LogP contribution in [0.5, 0.6) is 0 Å². The lowest BCUT2D eigenvalue weighted by Gasteiger charge is -2.16. The van der Waals surface area contributed by atoms with Crippen LogP contribution >= 0.6 is 0 Å². The number of imidazole rings is 1. The Morgan fingerprint density at radius 3 is 3.15 bits per heavy atom. The minimum absolute atomic E-state index is 0.144. The van der Waals surface area contributed by atoms with Crippen molar-refractivity contribution in [3.63, 3.8) is 0 Å². The van der Waals surface area contributed by atoms with Gasteiger partial charge in [0.1, 0.15) is 17.4 Å². The number of ether oxygens (including phenoxy) is 1. The highest BCUT2D eigenvalue weighted by atomic mass is 16.5. The van der Waals surface area contributed by atoms with Crippen molar-refractivity contribution < 1.29 is 4.74 Å². The van der Waals surface area contributed by atoms with Gasteiger partial charge in [-0.1, -0.05) is 0 Å². The molecule has 20 heavy (non-hydrogen) atoms. The molecule has 4 rings (SSSR count). The number of nitrogens with zero attached hydrogens (tertiary/aromatic N) is 3. The highest BCUT2D eigenvalue weighted by Crippen LogP contribution is 2.30. The van der Waals surface area contributed by atoms with E-state index in [1.54, 1.807) is 0 Å². The lowest BCUT2D eigenvalue weighted by molar-refractivity contribution is 0.102. The van der Waals surface area contributed by atoms with E-state index in [-0.39, 0.29) is 6.10 Å². The molecule has 2 aliphatic rings. The Balaban J connectivity index is 1.75. The summed E-state index contributed by atoms with van der Waals surface area (Å²) in [6.07, 6.45) is 6.69. The lowest BCUT2D eigenvalue weighted by atomic mass is 10.2. The Labute approximate surface area is 118 Å². The second-order valence-electron chi connectivity index (χ2n) is 5.72. The van der Waals surface area contributed by atoms with E-state index in [2.05, 4.69) is 14.9 Å². The van der Waals surface area contributed by atoms with Crippen molar-refractivity contribution in [2.45, 2.75) is 44.4 Å². The van der Waals surface area contributed by atoms with Gasteiger partial charge in [-0.3, -0.25) is 0 Å². The molecule has 2 unspecified atom stereocenters. The third kappa shape index (κ3) is 2.11. The molecule has 2 aromatic heterocycles. The molecule has 2 aliphatic heterocycles. The fourth-order valence-electron chi connectivity index (χ4n) is 3.32. The van der Waals surface area contributed by atoms with E-state index < -0.39 is 0 Å². The first-order chi connectivity index (χ1) is 9.92. The summed E-state index contributed by atoms with van der Waals surface area (Å²) in [7, 11) is 0. The van der Waals surface area contributed by atoms with E-state index >= 15 is 0 Å². The monoisotopic (exact) mass is 272 g/mol. The Morgan fingerprint density at radius 1 is 1.35 bits per heavy atom. The van der Waals surface area contributed by atoms with E-state index in [9.17, 15) is 0 Å². The van der Waals surface area contributed by atoms with E-state index in [4.69, 9.17) is 9.72 Å². The predicted molar refractivity (Wildman–Crippen MR) is 76.5 cm³/mol. The maximum atomic E-state index is 5.84. The summed E-state index contributed by atoms with van der Waals surface area (Å²) in [5, 5.41) is 3.56. The zero-order valence-electron chi connectivity index (χ0n) is 11.6. The van der Waals surface area contributed by atoms with Crippen LogP contribution in [0, 0.1) is 0 Å². The zero-order valence-corrected chi connectivity index (χ0v) is 11.6. The van der Waals surface area contributed by atoms with Crippen LogP contribution in [0.1, 0.15) is 37.6 Å². The van der Waals surface area contributed by atoms with Gasteiger partial charge >= 0.3 is 0 Å². The summed E-state index contributed by atoms with van der Waals surface area (Å²) < 4.78 is 8.11. The zero-order chi connectivity index (χ0) is 13.4. The van der Waals surface area contributed by atoms with E-state index in [0.29, 0.717) is 6.04 Å². The fraction of sp³-hybridized carbons (Fsp3) is 0.600. The van der Waals surface area contributed by atoms with Crippen LogP contribution in [0.4, 0.5) is 0 Å². The smallest absolute Gasteiger partial charge is 0.160 e. The first-order valence-electron chi connectivity index (χ1n) is 7.58. The molecule has 0 spiro atoms. The van der Waals surface area contributed by atoms with Crippen molar-refractivity contribution in [3.8, 4) is 0 Å². The van der Waals surface area contributed by atoms with Crippen LogP contribution in [0.3, 0.4) is 0 Å². The van der Waals surface area contributed by atoms with Crippen molar-refractivity contribution in [3.05, 3.63) is 24.2 Å². The quantitative estimate of drug-likeness (QED) is 0.929. The van der Waals surface area contributed by atoms with Gasteiger partial charge in [-0.25, -0.2) is 9.97 Å². The molecule has 106 valence electrons. The summed E-state index contributed by atoms with van der Waals surface area (Å²) in [5.41, 5.74) is 1.97. The van der Waals surface area contributed by atoms with Gasteiger partial charge in [0.05, 0.1) is 0 Å². The Bertz CT molecular complexity index is 597. The highest BCUT2D eigenvalue weighted by Gasteiger charge is 2.26. The van der Waals surface area contributed by atoms with E-state index in [1.165, 1.54) is 12.8 Å². The minimum Gasteiger partial charge on any atom is -0.370 e. The first-order valence-corrected chi connectivity index (χ1v) is 7.58. The van der Waals surface area contributed by atoms with Crippen LogP contribution in [-0.4, -0.2) is 33.7 Å². The van der Waals surface area contributed by atoms with Crippen molar-refractivity contribution in [1.82, 2.24) is 19.9 Å². The number of rotatable bonds is 3. The van der Waals surface area contributed by atoms with Gasteiger partial charge in [0.15, 0.2) is 5.65 Å². The Hall–Kier alpha value is -1.46. The summed E-state index contributed by atoms with van der Waals surface area (Å²) in [6, 6.07) is 4.53. The van der Waals surface area contributed by atoms with Gasteiger partial charge in [-0.05, 0) is 44.4 Å². The summed E-state index contributed by atoms with van der Waals surface area (Å²) >= 11 is 0. The molecule has 0 bridgehead atoms. The molecule has 0 saturated carbocycles. The second kappa shape index (κ2) is 5.14. The average molecular weight is 272 g/mol. The number of pyridine rings is 1. The number of aromatic nitrogens is 3. The molecular weight excluding hydrogens is 252 g/mol. The van der Waals surface area contributed by atoms with Crippen LogP contribution in [0.2, 0.25) is 0 Å². The highest BCUT2D eigenvalue weighted by molar-refractivity contribution is 5.71. The Kier molecular flexibility index (Phi) is 3.16. The molecule has 2 atom stereocenters. The number of nitrogens with one attached hydrogen (secondary N) is 1. The summed E-state index contributed by atoms with van der Waals surface area (Å²) in [4.78, 5) is 9.32. The van der Waals surface area contributed by atoms with Crippen LogP contribution < -0.4 is 5.32 Å². The minimum atomic E-state index is 0.144. The number of fused-ring (bicyclic) bond motifs is 1. The summed E-state index contributed by atoms with van der Waals surface area (Å²) in [6.45, 7) is 2.92. The number of hydrogen-bond acceptors (Lipinski definition) is 4. The molecule has 5 nitrogen and oxygen atoms in total. The maximum Gasteiger partial charge on any atom is 0.160 e. The predicted octanol–water partition coefficient (Wildman–Crippen LogP) is 2.03. The molecule has 2 aromatic rings. The SMILES string of the molecule is c1cnc2c(c1)nc(C1CCCO1)n2CC1CCCN1.